The summed E-state index contributed by atoms with van der Waals surface area (Å²) in [4.78, 5) is 13.6. The summed E-state index contributed by atoms with van der Waals surface area (Å²) in [6, 6.07) is 14.4. The van der Waals surface area contributed by atoms with Gasteiger partial charge in [-0.15, -0.1) is 0 Å². The van der Waals surface area contributed by atoms with Crippen molar-refractivity contribution in [3.8, 4) is 0 Å². The van der Waals surface area contributed by atoms with Crippen molar-refractivity contribution in [3.63, 3.8) is 0 Å². The molecule has 3 nitrogen and oxygen atoms in total. The van der Waals surface area contributed by atoms with Crippen LogP contribution < -0.4 is 0 Å². The average Bonchev–Trinajstić information content (AvgIpc) is 2.74. The van der Waals surface area contributed by atoms with E-state index >= 15 is 0 Å². The molecular weight excluding hydrogens is 403 g/mol. The van der Waals surface area contributed by atoms with E-state index < -0.39 is 17.7 Å². The molecule has 4 rings (SSSR count). The Hall–Kier alpha value is -2.60. The largest absolute Gasteiger partial charge is 0.481 e. The Labute approximate surface area is 179 Å². The lowest BCUT2D eigenvalue weighted by Gasteiger charge is -2.43. The van der Waals surface area contributed by atoms with Crippen LogP contribution in [0, 0.1) is 11.8 Å². The van der Waals surface area contributed by atoms with E-state index in [-0.39, 0.29) is 24.3 Å². The number of hydrogen-bond acceptors (Lipinski definition) is 2. The van der Waals surface area contributed by atoms with Gasteiger partial charge in [-0.25, -0.2) is 0 Å². The number of alkyl halides is 3. The number of halogens is 3. The summed E-state index contributed by atoms with van der Waals surface area (Å²) in [7, 11) is 0. The van der Waals surface area contributed by atoms with Gasteiger partial charge < -0.3 is 5.11 Å². The number of rotatable bonds is 5. The molecule has 1 aliphatic heterocycles. The SMILES string of the molecule is O=C(O)C[C@H]1CCN(Cc2cccc3ccccc23)[C@@H](C2C=CC(C(F)(F)F)=CC2)C1. The van der Waals surface area contributed by atoms with Gasteiger partial charge in [-0.3, -0.25) is 9.69 Å². The number of carboxylic acids is 1. The number of nitrogens with zero attached hydrogens (tertiary/aromatic N) is 1. The maximum atomic E-state index is 13.0. The number of carboxylic acid groups (broad SMARTS) is 1. The molecular formula is C25H26F3NO2. The molecule has 0 bridgehead atoms. The Bertz CT molecular complexity index is 1010. The van der Waals surface area contributed by atoms with Crippen molar-refractivity contribution in [2.75, 3.05) is 6.54 Å². The quantitative estimate of drug-likeness (QED) is 0.638. The summed E-state index contributed by atoms with van der Waals surface area (Å²) in [5, 5.41) is 11.6. The van der Waals surface area contributed by atoms with Crippen LogP contribution in [0.4, 0.5) is 13.2 Å². The van der Waals surface area contributed by atoms with E-state index in [2.05, 4.69) is 29.2 Å². The van der Waals surface area contributed by atoms with Gasteiger partial charge in [-0.1, -0.05) is 60.7 Å². The Morgan fingerprint density at radius 3 is 2.61 bits per heavy atom. The maximum Gasteiger partial charge on any atom is 0.416 e. The summed E-state index contributed by atoms with van der Waals surface area (Å²) in [6.07, 6.45) is 1.71. The minimum atomic E-state index is -4.33. The van der Waals surface area contributed by atoms with Crippen LogP contribution in [-0.4, -0.2) is 34.7 Å². The number of allylic oxidation sites excluding steroid dienone is 3. The summed E-state index contributed by atoms with van der Waals surface area (Å²) in [5.74, 6) is -0.824. The Kier molecular flexibility index (Phi) is 6.19. The topological polar surface area (TPSA) is 40.5 Å². The number of fused-ring (bicyclic) bond motifs is 1. The van der Waals surface area contributed by atoms with Crippen LogP contribution in [0.1, 0.15) is 31.2 Å². The van der Waals surface area contributed by atoms with Crippen molar-refractivity contribution in [3.05, 3.63) is 71.8 Å². The minimum absolute atomic E-state index is 0.0133. The van der Waals surface area contributed by atoms with Crippen molar-refractivity contribution in [1.82, 2.24) is 4.90 Å². The number of likely N-dealkylation sites (tertiary alicyclic amines) is 1. The molecule has 1 N–H and O–H groups in total. The van der Waals surface area contributed by atoms with Gasteiger partial charge in [0, 0.05) is 19.0 Å². The van der Waals surface area contributed by atoms with Gasteiger partial charge in [-0.05, 0) is 54.0 Å². The summed E-state index contributed by atoms with van der Waals surface area (Å²) < 4.78 is 39.1. The molecule has 164 valence electrons. The average molecular weight is 429 g/mol. The molecule has 2 aromatic rings. The highest BCUT2D eigenvalue weighted by molar-refractivity contribution is 5.85. The summed E-state index contributed by atoms with van der Waals surface area (Å²) in [6.45, 7) is 1.44. The Morgan fingerprint density at radius 1 is 1.13 bits per heavy atom. The first-order valence-electron chi connectivity index (χ1n) is 10.7. The number of piperidine rings is 1. The molecule has 1 saturated heterocycles. The van der Waals surface area contributed by atoms with E-state index in [0.717, 1.165) is 18.4 Å². The molecule has 0 amide bonds. The van der Waals surface area contributed by atoms with Gasteiger partial charge in [0.25, 0.3) is 0 Å². The molecule has 0 aromatic heterocycles. The molecule has 2 aromatic carbocycles. The van der Waals surface area contributed by atoms with Crippen LogP contribution >= 0.6 is 0 Å². The molecule has 0 spiro atoms. The Morgan fingerprint density at radius 2 is 1.90 bits per heavy atom. The van der Waals surface area contributed by atoms with E-state index in [9.17, 15) is 23.1 Å². The fourth-order valence-electron chi connectivity index (χ4n) is 4.98. The zero-order valence-corrected chi connectivity index (χ0v) is 17.2. The molecule has 0 radical (unpaired) electrons. The van der Waals surface area contributed by atoms with Crippen molar-refractivity contribution in [2.45, 2.75) is 44.4 Å². The highest BCUT2D eigenvalue weighted by Crippen LogP contribution is 2.37. The molecule has 1 aliphatic carbocycles. The van der Waals surface area contributed by atoms with Crippen LogP contribution in [0.5, 0.6) is 0 Å². The lowest BCUT2D eigenvalue weighted by molar-refractivity contribution is -0.138. The van der Waals surface area contributed by atoms with E-state index in [1.54, 1.807) is 6.08 Å². The van der Waals surface area contributed by atoms with Crippen LogP contribution in [0.3, 0.4) is 0 Å². The van der Waals surface area contributed by atoms with Crippen molar-refractivity contribution in [2.24, 2.45) is 11.8 Å². The monoisotopic (exact) mass is 429 g/mol. The van der Waals surface area contributed by atoms with Gasteiger partial charge in [0.1, 0.15) is 0 Å². The normalized spacial score (nSPS) is 24.9. The second kappa shape index (κ2) is 8.87. The van der Waals surface area contributed by atoms with E-state index in [1.165, 1.54) is 23.1 Å². The van der Waals surface area contributed by atoms with Crippen LogP contribution in [0.15, 0.2) is 66.3 Å². The number of carbonyl (C=O) groups is 1. The first-order valence-corrected chi connectivity index (χ1v) is 10.7. The number of aliphatic carboxylic acids is 1. The predicted molar refractivity (Wildman–Crippen MR) is 115 cm³/mol. The van der Waals surface area contributed by atoms with Gasteiger partial charge in [0.15, 0.2) is 0 Å². The van der Waals surface area contributed by atoms with E-state index in [0.29, 0.717) is 19.4 Å². The van der Waals surface area contributed by atoms with Gasteiger partial charge in [0.2, 0.25) is 0 Å². The second-order valence-electron chi connectivity index (χ2n) is 8.58. The van der Waals surface area contributed by atoms with Gasteiger partial charge in [0.05, 0.1) is 5.57 Å². The van der Waals surface area contributed by atoms with Crippen molar-refractivity contribution >= 4 is 16.7 Å². The second-order valence-corrected chi connectivity index (χ2v) is 8.58. The standard InChI is InChI=1S/C25H26F3NO2/c26-25(27,28)21-10-8-19(9-11-21)23-14-17(15-24(30)31)12-13-29(23)16-20-6-3-5-18-4-1-2-7-22(18)20/h1-8,10-11,17,19,23H,9,12-16H2,(H,30,31)/t17-,19?,23+/m0/s1. The third-order valence-corrected chi connectivity index (χ3v) is 6.54. The van der Waals surface area contributed by atoms with Gasteiger partial charge >= 0.3 is 12.1 Å². The summed E-state index contributed by atoms with van der Waals surface area (Å²) >= 11 is 0. The number of benzene rings is 2. The molecule has 1 heterocycles. The van der Waals surface area contributed by atoms with E-state index in [1.807, 2.05) is 18.2 Å². The van der Waals surface area contributed by atoms with Crippen molar-refractivity contribution < 1.29 is 23.1 Å². The molecule has 31 heavy (non-hydrogen) atoms. The third-order valence-electron chi connectivity index (χ3n) is 6.54. The zero-order valence-electron chi connectivity index (χ0n) is 17.2. The van der Waals surface area contributed by atoms with Crippen molar-refractivity contribution in [1.29, 1.82) is 0 Å². The first-order chi connectivity index (χ1) is 14.8. The van der Waals surface area contributed by atoms with Crippen LogP contribution in [0.2, 0.25) is 0 Å². The van der Waals surface area contributed by atoms with Crippen LogP contribution in [0.25, 0.3) is 10.8 Å². The predicted octanol–water partition coefficient (Wildman–Crippen LogP) is 5.96. The Balaban J connectivity index is 1.57. The third kappa shape index (κ3) is 5.01. The maximum absolute atomic E-state index is 13.0. The highest BCUT2D eigenvalue weighted by atomic mass is 19.4. The van der Waals surface area contributed by atoms with E-state index in [4.69, 9.17) is 0 Å². The lowest BCUT2D eigenvalue weighted by Crippen LogP contribution is -2.46. The fraction of sp³-hybridized carbons (Fsp3) is 0.400. The van der Waals surface area contributed by atoms with Gasteiger partial charge in [-0.2, -0.15) is 13.2 Å². The smallest absolute Gasteiger partial charge is 0.416 e. The zero-order chi connectivity index (χ0) is 22.0. The minimum Gasteiger partial charge on any atom is -0.481 e. The highest BCUT2D eigenvalue weighted by Gasteiger charge is 2.37. The fourth-order valence-corrected chi connectivity index (χ4v) is 4.98. The molecule has 2 aliphatic rings. The first kappa shape index (κ1) is 21.6. The number of hydrogen-bond donors (Lipinski definition) is 1. The van der Waals surface area contributed by atoms with Crippen LogP contribution in [-0.2, 0) is 11.3 Å². The summed E-state index contributed by atoms with van der Waals surface area (Å²) in [5.41, 5.74) is 0.591. The molecule has 1 fully saturated rings. The lowest BCUT2D eigenvalue weighted by atomic mass is 9.79. The molecule has 3 atom stereocenters. The molecule has 6 heteroatoms. The molecule has 0 saturated carbocycles. The molecule has 1 unspecified atom stereocenters.